The molecule has 0 radical (unpaired) electrons. The molecule has 7 heteroatoms. The number of nitrogens with zero attached hydrogens (tertiary/aromatic N) is 5. The Morgan fingerprint density at radius 1 is 1.37 bits per heavy atom. The van der Waals surface area contributed by atoms with Gasteiger partial charge in [-0.05, 0) is 12.5 Å². The second kappa shape index (κ2) is 4.66. The van der Waals surface area contributed by atoms with E-state index in [0.717, 1.165) is 0 Å². The molecule has 0 aliphatic heterocycles. The molecular weight excluding hydrogens is 244 g/mol. The molecule has 2 heterocycles. The maximum atomic E-state index is 9.85. The maximum absolute atomic E-state index is 9.85. The molecular formula is C12H12N6O. The monoisotopic (exact) mass is 256 g/mol. The van der Waals surface area contributed by atoms with E-state index in [4.69, 9.17) is 5.26 Å². The topological polar surface area (TPSA) is 99.6 Å². The first-order valence-electron chi connectivity index (χ1n) is 5.94. The summed E-state index contributed by atoms with van der Waals surface area (Å²) in [6, 6.07) is 3.63. The standard InChI is InChI=1S/C12H12N6O/c13-7-9-12(15-4-3-14-9)17-8-6-10(19)11(8)18-5-1-2-16-18/h1-5,8,10-11,19H,6H2,(H,15,17)/t8-,10+,11+/m0/s1. The zero-order valence-corrected chi connectivity index (χ0v) is 10.0. The van der Waals surface area contributed by atoms with Gasteiger partial charge in [0.05, 0.1) is 18.2 Å². The van der Waals surface area contributed by atoms with Crippen LogP contribution in [0.1, 0.15) is 18.2 Å². The van der Waals surface area contributed by atoms with Crippen molar-refractivity contribution in [3.8, 4) is 6.07 Å². The largest absolute Gasteiger partial charge is 0.391 e. The Kier molecular flexibility index (Phi) is 2.85. The molecule has 0 spiro atoms. The fraction of sp³-hybridized carbons (Fsp3) is 0.333. The van der Waals surface area contributed by atoms with Crippen LogP contribution in [-0.4, -0.2) is 37.0 Å². The maximum Gasteiger partial charge on any atom is 0.182 e. The van der Waals surface area contributed by atoms with Crippen molar-refractivity contribution < 1.29 is 5.11 Å². The molecule has 2 aromatic heterocycles. The zero-order valence-electron chi connectivity index (χ0n) is 10.0. The highest BCUT2D eigenvalue weighted by molar-refractivity contribution is 5.48. The summed E-state index contributed by atoms with van der Waals surface area (Å²) < 4.78 is 1.72. The Bertz CT molecular complexity index is 605. The Labute approximate surface area is 109 Å². The number of nitriles is 1. The average molecular weight is 256 g/mol. The van der Waals surface area contributed by atoms with E-state index in [1.165, 1.54) is 12.4 Å². The molecule has 1 aliphatic rings. The smallest absolute Gasteiger partial charge is 0.182 e. The van der Waals surface area contributed by atoms with Gasteiger partial charge < -0.3 is 10.4 Å². The Hall–Kier alpha value is -2.46. The van der Waals surface area contributed by atoms with Crippen molar-refractivity contribution in [3.63, 3.8) is 0 Å². The Morgan fingerprint density at radius 2 is 2.21 bits per heavy atom. The van der Waals surface area contributed by atoms with Gasteiger partial charge in [0, 0.05) is 24.8 Å². The van der Waals surface area contributed by atoms with Gasteiger partial charge in [-0.1, -0.05) is 0 Å². The average Bonchev–Trinajstić information content (AvgIpc) is 2.92. The fourth-order valence-electron chi connectivity index (χ4n) is 2.27. The molecule has 2 aromatic rings. The zero-order chi connectivity index (χ0) is 13.2. The molecule has 2 N–H and O–H groups in total. The number of hydrogen-bond acceptors (Lipinski definition) is 6. The molecule has 3 rings (SSSR count). The van der Waals surface area contributed by atoms with Crippen molar-refractivity contribution in [2.45, 2.75) is 24.6 Å². The highest BCUT2D eigenvalue weighted by Crippen LogP contribution is 2.34. The SMILES string of the molecule is N#Cc1nccnc1N[C@H]1C[C@@H](O)[C@@H]1n1cccn1. The van der Waals surface area contributed by atoms with Gasteiger partial charge >= 0.3 is 0 Å². The quantitative estimate of drug-likeness (QED) is 0.821. The van der Waals surface area contributed by atoms with E-state index in [9.17, 15) is 5.11 Å². The second-order valence-electron chi connectivity index (χ2n) is 4.40. The summed E-state index contributed by atoms with van der Waals surface area (Å²) in [5, 5.41) is 26.1. The number of hydrogen-bond donors (Lipinski definition) is 2. The lowest BCUT2D eigenvalue weighted by molar-refractivity contribution is 0.0133. The van der Waals surface area contributed by atoms with Gasteiger partial charge in [0.2, 0.25) is 0 Å². The van der Waals surface area contributed by atoms with Gasteiger partial charge in [-0.25, -0.2) is 9.97 Å². The highest BCUT2D eigenvalue weighted by Gasteiger charge is 2.42. The Balaban J connectivity index is 1.79. The molecule has 0 aromatic carbocycles. The summed E-state index contributed by atoms with van der Waals surface area (Å²) in [7, 11) is 0. The van der Waals surface area contributed by atoms with Gasteiger partial charge in [-0.15, -0.1) is 0 Å². The first kappa shape index (κ1) is 11.6. The predicted octanol–water partition coefficient (Wildman–Crippen LogP) is 0.331. The number of aromatic nitrogens is 4. The highest BCUT2D eigenvalue weighted by atomic mass is 16.3. The molecule has 0 amide bonds. The van der Waals surface area contributed by atoms with E-state index in [0.29, 0.717) is 12.2 Å². The van der Waals surface area contributed by atoms with Crippen molar-refractivity contribution in [2.24, 2.45) is 0 Å². The van der Waals surface area contributed by atoms with E-state index < -0.39 is 6.10 Å². The molecule has 96 valence electrons. The predicted molar refractivity (Wildman–Crippen MR) is 66.0 cm³/mol. The number of anilines is 1. The van der Waals surface area contributed by atoms with Crippen molar-refractivity contribution in [3.05, 3.63) is 36.5 Å². The molecule has 1 aliphatic carbocycles. The van der Waals surface area contributed by atoms with Gasteiger partial charge in [-0.2, -0.15) is 10.4 Å². The van der Waals surface area contributed by atoms with Crippen molar-refractivity contribution in [1.82, 2.24) is 19.7 Å². The van der Waals surface area contributed by atoms with Gasteiger partial charge in [0.1, 0.15) is 6.07 Å². The van der Waals surface area contributed by atoms with Crippen LogP contribution in [0.2, 0.25) is 0 Å². The van der Waals surface area contributed by atoms with Crippen LogP contribution in [0.5, 0.6) is 0 Å². The number of rotatable bonds is 3. The van der Waals surface area contributed by atoms with Crippen molar-refractivity contribution in [1.29, 1.82) is 5.26 Å². The molecule has 0 bridgehead atoms. The molecule has 7 nitrogen and oxygen atoms in total. The van der Waals surface area contributed by atoms with E-state index in [1.807, 2.05) is 18.3 Å². The summed E-state index contributed by atoms with van der Waals surface area (Å²) in [5.74, 6) is 0.444. The normalized spacial score (nSPS) is 25.4. The number of aliphatic hydroxyl groups is 1. The molecule has 19 heavy (non-hydrogen) atoms. The van der Waals surface area contributed by atoms with Crippen molar-refractivity contribution >= 4 is 5.82 Å². The molecule has 1 fully saturated rings. The fourth-order valence-corrected chi connectivity index (χ4v) is 2.27. The van der Waals surface area contributed by atoms with Crippen LogP contribution in [0.3, 0.4) is 0 Å². The number of aliphatic hydroxyl groups excluding tert-OH is 1. The molecule has 0 unspecified atom stereocenters. The lowest BCUT2D eigenvalue weighted by atomic mass is 9.83. The summed E-state index contributed by atoms with van der Waals surface area (Å²) in [6.07, 6.45) is 6.63. The summed E-state index contributed by atoms with van der Waals surface area (Å²) in [5.41, 5.74) is 0.253. The third-order valence-electron chi connectivity index (χ3n) is 3.26. The first-order chi connectivity index (χ1) is 9.29. The Morgan fingerprint density at radius 3 is 2.89 bits per heavy atom. The third kappa shape index (κ3) is 2.02. The summed E-state index contributed by atoms with van der Waals surface area (Å²) in [6.45, 7) is 0. The van der Waals surface area contributed by atoms with Crippen LogP contribution >= 0.6 is 0 Å². The van der Waals surface area contributed by atoms with E-state index in [2.05, 4.69) is 20.4 Å². The van der Waals surface area contributed by atoms with E-state index in [1.54, 1.807) is 10.9 Å². The molecule has 3 atom stereocenters. The minimum Gasteiger partial charge on any atom is -0.391 e. The van der Waals surface area contributed by atoms with Crippen LogP contribution in [0.25, 0.3) is 0 Å². The lowest BCUT2D eigenvalue weighted by Gasteiger charge is -2.42. The molecule has 0 saturated heterocycles. The van der Waals surface area contributed by atoms with Crippen LogP contribution in [0.15, 0.2) is 30.9 Å². The third-order valence-corrected chi connectivity index (χ3v) is 3.26. The van der Waals surface area contributed by atoms with Crippen LogP contribution in [0, 0.1) is 11.3 Å². The summed E-state index contributed by atoms with van der Waals surface area (Å²) >= 11 is 0. The number of nitrogens with one attached hydrogen (secondary N) is 1. The lowest BCUT2D eigenvalue weighted by Crippen LogP contribution is -2.51. The van der Waals surface area contributed by atoms with E-state index >= 15 is 0 Å². The van der Waals surface area contributed by atoms with E-state index in [-0.39, 0.29) is 17.8 Å². The second-order valence-corrected chi connectivity index (χ2v) is 4.40. The minimum atomic E-state index is -0.445. The van der Waals surface area contributed by atoms with Gasteiger partial charge in [0.25, 0.3) is 0 Å². The van der Waals surface area contributed by atoms with Crippen LogP contribution < -0.4 is 5.32 Å². The van der Waals surface area contributed by atoms with Gasteiger partial charge in [-0.3, -0.25) is 4.68 Å². The van der Waals surface area contributed by atoms with Gasteiger partial charge in [0.15, 0.2) is 11.5 Å². The van der Waals surface area contributed by atoms with Crippen LogP contribution in [0.4, 0.5) is 5.82 Å². The molecule has 1 saturated carbocycles. The van der Waals surface area contributed by atoms with Crippen LogP contribution in [-0.2, 0) is 0 Å². The minimum absolute atomic E-state index is 0.0151. The summed E-state index contributed by atoms with van der Waals surface area (Å²) in [4.78, 5) is 8.05. The van der Waals surface area contributed by atoms with Crippen molar-refractivity contribution in [2.75, 3.05) is 5.32 Å². The first-order valence-corrected chi connectivity index (χ1v) is 5.94.